The van der Waals surface area contributed by atoms with Crippen LogP contribution in [-0.4, -0.2) is 31.1 Å². The first-order chi connectivity index (χ1) is 4.54. The van der Waals surface area contributed by atoms with Crippen molar-refractivity contribution in [1.82, 2.24) is 5.32 Å². The number of likely N-dealkylation sites (N-methyl/N-ethyl adjacent to an activating group) is 1. The summed E-state index contributed by atoms with van der Waals surface area (Å²) in [5, 5.41) is 11.5. The van der Waals surface area contributed by atoms with E-state index in [1.54, 1.807) is 20.9 Å². The fourth-order valence-corrected chi connectivity index (χ4v) is 0.488. The standard InChI is InChI=1S/C7H15NO2/c1-7(2,5-9)6(10)4-8-3/h8-9H,4-5H2,1-3H3. The van der Waals surface area contributed by atoms with Crippen molar-refractivity contribution < 1.29 is 9.90 Å². The Kier molecular flexibility index (Phi) is 3.53. The largest absolute Gasteiger partial charge is 0.395 e. The Labute approximate surface area is 61.4 Å². The summed E-state index contributed by atoms with van der Waals surface area (Å²) in [4.78, 5) is 11.1. The molecule has 0 rings (SSSR count). The predicted molar refractivity (Wildman–Crippen MR) is 39.8 cm³/mol. The van der Waals surface area contributed by atoms with Crippen LogP contribution in [0.15, 0.2) is 0 Å². The number of hydrogen-bond acceptors (Lipinski definition) is 3. The van der Waals surface area contributed by atoms with Gasteiger partial charge in [0.15, 0.2) is 5.78 Å². The maximum Gasteiger partial charge on any atom is 0.154 e. The van der Waals surface area contributed by atoms with Crippen molar-refractivity contribution in [2.75, 3.05) is 20.2 Å². The molecule has 0 aliphatic rings. The maximum absolute atomic E-state index is 11.1. The highest BCUT2D eigenvalue weighted by Crippen LogP contribution is 2.13. The first kappa shape index (κ1) is 9.59. The third-order valence-corrected chi connectivity index (χ3v) is 1.49. The molecule has 2 N–H and O–H groups in total. The Balaban J connectivity index is 3.91. The molecule has 10 heavy (non-hydrogen) atoms. The lowest BCUT2D eigenvalue weighted by Gasteiger charge is -2.18. The summed E-state index contributed by atoms with van der Waals surface area (Å²) in [7, 11) is 1.71. The van der Waals surface area contributed by atoms with Crippen LogP contribution >= 0.6 is 0 Å². The van der Waals surface area contributed by atoms with E-state index in [2.05, 4.69) is 5.32 Å². The van der Waals surface area contributed by atoms with Gasteiger partial charge in [0.2, 0.25) is 0 Å². The van der Waals surface area contributed by atoms with Gasteiger partial charge in [-0.2, -0.15) is 0 Å². The van der Waals surface area contributed by atoms with E-state index in [4.69, 9.17) is 5.11 Å². The van der Waals surface area contributed by atoms with Gasteiger partial charge >= 0.3 is 0 Å². The maximum atomic E-state index is 11.1. The van der Waals surface area contributed by atoms with Crippen LogP contribution < -0.4 is 5.32 Å². The number of aliphatic hydroxyl groups is 1. The van der Waals surface area contributed by atoms with E-state index < -0.39 is 5.41 Å². The number of aliphatic hydroxyl groups excluding tert-OH is 1. The quantitative estimate of drug-likeness (QED) is 0.575. The summed E-state index contributed by atoms with van der Waals surface area (Å²) in [6.45, 7) is 3.69. The minimum absolute atomic E-state index is 0.0394. The highest BCUT2D eigenvalue weighted by molar-refractivity contribution is 5.85. The van der Waals surface area contributed by atoms with Gasteiger partial charge in [-0.25, -0.2) is 0 Å². The third kappa shape index (κ3) is 2.45. The summed E-state index contributed by atoms with van der Waals surface area (Å²) < 4.78 is 0. The number of carbonyl (C=O) groups excluding carboxylic acids is 1. The molecule has 60 valence electrons. The predicted octanol–water partition coefficient (Wildman–Crippen LogP) is -0.207. The molecule has 0 saturated carbocycles. The zero-order valence-electron chi connectivity index (χ0n) is 6.77. The van der Waals surface area contributed by atoms with E-state index in [0.717, 1.165) is 0 Å². The molecular formula is C7H15NO2. The van der Waals surface area contributed by atoms with Gasteiger partial charge < -0.3 is 10.4 Å². The molecular weight excluding hydrogens is 130 g/mol. The van der Waals surface area contributed by atoms with E-state index in [0.29, 0.717) is 6.54 Å². The second-order valence-corrected chi connectivity index (χ2v) is 3.00. The summed E-state index contributed by atoms with van der Waals surface area (Å²) in [6, 6.07) is 0. The molecule has 3 nitrogen and oxygen atoms in total. The van der Waals surface area contributed by atoms with Gasteiger partial charge in [-0.1, -0.05) is 13.8 Å². The number of carbonyl (C=O) groups is 1. The molecule has 0 unspecified atom stereocenters. The molecule has 0 spiro atoms. The fourth-order valence-electron chi connectivity index (χ4n) is 0.488. The molecule has 0 atom stereocenters. The lowest BCUT2D eigenvalue weighted by atomic mass is 9.89. The fraction of sp³-hybridized carbons (Fsp3) is 0.857. The van der Waals surface area contributed by atoms with Crippen LogP contribution in [0.5, 0.6) is 0 Å². The lowest BCUT2D eigenvalue weighted by molar-refractivity contribution is -0.127. The second kappa shape index (κ2) is 3.68. The third-order valence-electron chi connectivity index (χ3n) is 1.49. The molecule has 3 heteroatoms. The van der Waals surface area contributed by atoms with Crippen LogP contribution in [-0.2, 0) is 4.79 Å². The van der Waals surface area contributed by atoms with E-state index in [1.165, 1.54) is 0 Å². The Morgan fingerprint density at radius 2 is 2.10 bits per heavy atom. The van der Waals surface area contributed by atoms with Gasteiger partial charge in [-0.3, -0.25) is 4.79 Å². The molecule has 0 amide bonds. The second-order valence-electron chi connectivity index (χ2n) is 3.00. The van der Waals surface area contributed by atoms with E-state index in [-0.39, 0.29) is 12.4 Å². The molecule has 0 aliphatic heterocycles. The summed E-state index contributed by atoms with van der Waals surface area (Å²) in [6.07, 6.45) is 0. The average molecular weight is 145 g/mol. The highest BCUT2D eigenvalue weighted by atomic mass is 16.3. The number of Topliss-reactive ketones (excluding diaryl/α,β-unsaturated/α-hetero) is 1. The number of hydrogen-bond donors (Lipinski definition) is 2. The Hall–Kier alpha value is -0.410. The first-order valence-electron chi connectivity index (χ1n) is 3.33. The van der Waals surface area contributed by atoms with Crippen molar-refractivity contribution in [2.24, 2.45) is 5.41 Å². The van der Waals surface area contributed by atoms with Crippen molar-refractivity contribution in [3.63, 3.8) is 0 Å². The molecule has 0 aromatic heterocycles. The smallest absolute Gasteiger partial charge is 0.154 e. The van der Waals surface area contributed by atoms with Crippen molar-refractivity contribution in [3.8, 4) is 0 Å². The van der Waals surface area contributed by atoms with Crippen molar-refractivity contribution >= 4 is 5.78 Å². The van der Waals surface area contributed by atoms with Crippen LogP contribution in [0.1, 0.15) is 13.8 Å². The summed E-state index contributed by atoms with van der Waals surface area (Å²) >= 11 is 0. The first-order valence-corrected chi connectivity index (χ1v) is 3.33. The van der Waals surface area contributed by atoms with Crippen LogP contribution in [0.25, 0.3) is 0 Å². The van der Waals surface area contributed by atoms with Crippen molar-refractivity contribution in [1.29, 1.82) is 0 Å². The minimum atomic E-state index is -0.594. The Morgan fingerprint density at radius 1 is 1.60 bits per heavy atom. The monoisotopic (exact) mass is 145 g/mol. The Bertz CT molecular complexity index is 121. The molecule has 0 saturated heterocycles. The van der Waals surface area contributed by atoms with Gasteiger partial charge in [0, 0.05) is 5.41 Å². The lowest BCUT2D eigenvalue weighted by Crippen LogP contribution is -2.35. The van der Waals surface area contributed by atoms with Gasteiger partial charge in [-0.05, 0) is 7.05 Å². The molecule has 0 aromatic carbocycles. The van der Waals surface area contributed by atoms with Gasteiger partial charge in [0.1, 0.15) is 0 Å². The SMILES string of the molecule is CNCC(=O)C(C)(C)CO. The van der Waals surface area contributed by atoms with Crippen LogP contribution in [0.2, 0.25) is 0 Å². The minimum Gasteiger partial charge on any atom is -0.395 e. The zero-order valence-corrected chi connectivity index (χ0v) is 6.77. The van der Waals surface area contributed by atoms with Crippen molar-refractivity contribution in [3.05, 3.63) is 0 Å². The van der Waals surface area contributed by atoms with Crippen LogP contribution in [0, 0.1) is 5.41 Å². The molecule has 0 aliphatic carbocycles. The number of ketones is 1. The van der Waals surface area contributed by atoms with E-state index in [1.807, 2.05) is 0 Å². The molecule has 0 heterocycles. The molecule has 0 radical (unpaired) electrons. The van der Waals surface area contributed by atoms with E-state index in [9.17, 15) is 4.79 Å². The van der Waals surface area contributed by atoms with Gasteiger partial charge in [-0.15, -0.1) is 0 Å². The number of nitrogens with one attached hydrogen (secondary N) is 1. The Morgan fingerprint density at radius 3 is 2.40 bits per heavy atom. The average Bonchev–Trinajstić information content (AvgIpc) is 1.89. The van der Waals surface area contributed by atoms with Crippen molar-refractivity contribution in [2.45, 2.75) is 13.8 Å². The molecule has 0 bridgehead atoms. The van der Waals surface area contributed by atoms with Gasteiger partial charge in [0.05, 0.1) is 13.2 Å². The molecule has 0 aromatic rings. The van der Waals surface area contributed by atoms with Crippen LogP contribution in [0.3, 0.4) is 0 Å². The summed E-state index contributed by atoms with van der Waals surface area (Å²) in [5.41, 5.74) is -0.594. The van der Waals surface area contributed by atoms with Crippen LogP contribution in [0.4, 0.5) is 0 Å². The summed E-state index contributed by atoms with van der Waals surface area (Å²) in [5.74, 6) is 0.0394. The molecule has 0 fully saturated rings. The zero-order chi connectivity index (χ0) is 8.20. The topological polar surface area (TPSA) is 49.3 Å². The normalized spacial score (nSPS) is 11.6. The number of rotatable bonds is 4. The van der Waals surface area contributed by atoms with Gasteiger partial charge in [0.25, 0.3) is 0 Å². The highest BCUT2D eigenvalue weighted by Gasteiger charge is 2.24. The van der Waals surface area contributed by atoms with E-state index >= 15 is 0 Å².